The Morgan fingerprint density at radius 3 is 2.33 bits per heavy atom. The highest BCUT2D eigenvalue weighted by atomic mass is 16.6. The number of rotatable bonds is 5. The van der Waals surface area contributed by atoms with Crippen LogP contribution in [0.1, 0.15) is 22.9 Å². The molecule has 1 aromatic heterocycles. The zero-order valence-corrected chi connectivity index (χ0v) is 15.6. The fourth-order valence-corrected chi connectivity index (χ4v) is 3.49. The number of aliphatic hydroxyl groups is 1. The second-order valence-corrected chi connectivity index (χ2v) is 6.72. The van der Waals surface area contributed by atoms with Crippen LogP contribution in [0.2, 0.25) is 0 Å². The van der Waals surface area contributed by atoms with Gasteiger partial charge < -0.3 is 14.4 Å². The van der Waals surface area contributed by atoms with Crippen LogP contribution in [-0.2, 0) is 16.1 Å². The molecule has 4 rings (SSSR count). The van der Waals surface area contributed by atoms with E-state index in [2.05, 4.69) is 0 Å². The van der Waals surface area contributed by atoms with Crippen molar-refractivity contribution in [3.63, 3.8) is 0 Å². The van der Waals surface area contributed by atoms with E-state index in [0.29, 0.717) is 16.9 Å². The zero-order chi connectivity index (χ0) is 21.3. The van der Waals surface area contributed by atoms with E-state index < -0.39 is 22.7 Å². The third kappa shape index (κ3) is 3.35. The number of benzene rings is 2. The quantitative estimate of drug-likeness (QED) is 0.227. The van der Waals surface area contributed by atoms with Gasteiger partial charge in [-0.3, -0.25) is 19.7 Å². The van der Waals surface area contributed by atoms with Gasteiger partial charge in [0.05, 0.1) is 29.3 Å². The second kappa shape index (κ2) is 7.67. The molecular weight excluding hydrogens is 388 g/mol. The summed E-state index contributed by atoms with van der Waals surface area (Å²) in [5.74, 6) is -1.46. The smallest absolute Gasteiger partial charge is 0.296 e. The molecule has 2 aromatic carbocycles. The van der Waals surface area contributed by atoms with Crippen LogP contribution in [0, 0.1) is 10.1 Å². The van der Waals surface area contributed by atoms with Gasteiger partial charge in [0, 0.05) is 17.7 Å². The zero-order valence-electron chi connectivity index (χ0n) is 15.6. The summed E-state index contributed by atoms with van der Waals surface area (Å²) >= 11 is 0. The third-order valence-corrected chi connectivity index (χ3v) is 4.91. The van der Waals surface area contributed by atoms with E-state index in [9.17, 15) is 24.8 Å². The van der Waals surface area contributed by atoms with Crippen LogP contribution in [0.25, 0.3) is 5.76 Å². The summed E-state index contributed by atoms with van der Waals surface area (Å²) in [5.41, 5.74) is 0.653. The summed E-state index contributed by atoms with van der Waals surface area (Å²) in [6, 6.07) is 16.4. The molecule has 1 aliphatic heterocycles. The van der Waals surface area contributed by atoms with Gasteiger partial charge in [-0.2, -0.15) is 0 Å². The molecule has 1 aliphatic rings. The molecule has 3 aromatic rings. The number of aliphatic hydroxyl groups excluding tert-OH is 1. The summed E-state index contributed by atoms with van der Waals surface area (Å²) in [6.45, 7) is 0.00476. The molecule has 8 nitrogen and oxygen atoms in total. The lowest BCUT2D eigenvalue weighted by molar-refractivity contribution is -0.384. The Morgan fingerprint density at radius 1 is 1.03 bits per heavy atom. The van der Waals surface area contributed by atoms with Crippen LogP contribution in [0.4, 0.5) is 5.69 Å². The highest BCUT2D eigenvalue weighted by Gasteiger charge is 2.46. The van der Waals surface area contributed by atoms with Gasteiger partial charge in [-0.1, -0.05) is 30.3 Å². The monoisotopic (exact) mass is 404 g/mol. The molecule has 150 valence electrons. The Hall–Kier alpha value is -4.20. The summed E-state index contributed by atoms with van der Waals surface area (Å²) in [6.07, 6.45) is 1.46. The number of carbonyl (C=O) groups is 2. The van der Waals surface area contributed by atoms with Gasteiger partial charge in [0.25, 0.3) is 17.4 Å². The normalized spacial score (nSPS) is 18.0. The first kappa shape index (κ1) is 19.1. The first-order chi connectivity index (χ1) is 14.5. The number of non-ortho nitro benzene ring substituents is 1. The summed E-state index contributed by atoms with van der Waals surface area (Å²) in [4.78, 5) is 37.4. The fraction of sp³-hybridized carbons (Fsp3) is 0.0909. The molecule has 0 aliphatic carbocycles. The Kier molecular flexibility index (Phi) is 4.89. The standard InChI is InChI=1S/C22H16N2O6/c25-20(15-5-2-1-3-6-15)18-19(14-8-10-16(11-9-14)24(28)29)23(22(27)21(18)26)13-17-7-4-12-30-17/h1-12,19,25H,13H2/b20-18+. The van der Waals surface area contributed by atoms with Crippen LogP contribution in [0.15, 0.2) is 83.0 Å². The van der Waals surface area contributed by atoms with E-state index >= 15 is 0 Å². The van der Waals surface area contributed by atoms with Gasteiger partial charge in [0.15, 0.2) is 0 Å². The van der Waals surface area contributed by atoms with Crippen molar-refractivity contribution < 1.29 is 24.0 Å². The van der Waals surface area contributed by atoms with Crippen molar-refractivity contribution in [2.45, 2.75) is 12.6 Å². The summed E-state index contributed by atoms with van der Waals surface area (Å²) in [5, 5.41) is 21.9. The average Bonchev–Trinajstić information content (AvgIpc) is 3.36. The average molecular weight is 404 g/mol. The van der Waals surface area contributed by atoms with Crippen LogP contribution < -0.4 is 0 Å². The highest BCUT2D eigenvalue weighted by Crippen LogP contribution is 2.40. The lowest BCUT2D eigenvalue weighted by Crippen LogP contribution is -2.29. The number of ketones is 1. The molecule has 30 heavy (non-hydrogen) atoms. The molecular formula is C22H16N2O6. The number of hydrogen-bond donors (Lipinski definition) is 1. The van der Waals surface area contributed by atoms with Crippen LogP contribution in [-0.4, -0.2) is 26.6 Å². The Balaban J connectivity index is 1.85. The molecule has 2 heterocycles. The number of nitro benzene ring substituents is 1. The molecule has 0 spiro atoms. The molecule has 1 atom stereocenters. The van der Waals surface area contributed by atoms with Crippen molar-refractivity contribution in [3.8, 4) is 0 Å². The van der Waals surface area contributed by atoms with E-state index in [1.165, 1.54) is 35.4 Å². The number of nitro groups is 1. The van der Waals surface area contributed by atoms with E-state index in [1.807, 2.05) is 0 Å². The molecule has 0 radical (unpaired) electrons. The number of likely N-dealkylation sites (tertiary alicyclic amines) is 1. The lowest BCUT2D eigenvalue weighted by Gasteiger charge is -2.24. The molecule has 1 unspecified atom stereocenters. The molecule has 1 fully saturated rings. The van der Waals surface area contributed by atoms with E-state index in [4.69, 9.17) is 4.42 Å². The van der Waals surface area contributed by atoms with Crippen LogP contribution in [0.3, 0.4) is 0 Å². The largest absolute Gasteiger partial charge is 0.507 e. The van der Waals surface area contributed by atoms with Crippen LogP contribution in [0.5, 0.6) is 0 Å². The molecule has 8 heteroatoms. The maximum absolute atomic E-state index is 12.9. The Labute approximate surface area is 170 Å². The number of amides is 1. The molecule has 1 saturated heterocycles. The van der Waals surface area contributed by atoms with Crippen molar-refractivity contribution in [1.82, 2.24) is 4.90 Å². The number of carbonyl (C=O) groups excluding carboxylic acids is 2. The van der Waals surface area contributed by atoms with Crippen LogP contribution >= 0.6 is 0 Å². The highest BCUT2D eigenvalue weighted by molar-refractivity contribution is 6.46. The Morgan fingerprint density at radius 2 is 1.73 bits per heavy atom. The van der Waals surface area contributed by atoms with Gasteiger partial charge in [0.2, 0.25) is 0 Å². The number of nitrogens with zero attached hydrogens (tertiary/aromatic N) is 2. The first-order valence-electron chi connectivity index (χ1n) is 9.08. The maximum Gasteiger partial charge on any atom is 0.296 e. The minimum atomic E-state index is -0.920. The van der Waals surface area contributed by atoms with Crippen molar-refractivity contribution >= 4 is 23.1 Å². The summed E-state index contributed by atoms with van der Waals surface area (Å²) < 4.78 is 5.32. The van der Waals surface area contributed by atoms with E-state index in [1.54, 1.807) is 42.5 Å². The first-order valence-corrected chi connectivity index (χ1v) is 9.08. The van der Waals surface area contributed by atoms with Crippen molar-refractivity contribution in [2.75, 3.05) is 0 Å². The predicted octanol–water partition coefficient (Wildman–Crippen LogP) is 3.81. The molecule has 1 amide bonds. The van der Waals surface area contributed by atoms with E-state index in [-0.39, 0.29) is 23.6 Å². The Bertz CT molecular complexity index is 1130. The van der Waals surface area contributed by atoms with Crippen molar-refractivity contribution in [3.05, 3.63) is 106 Å². The minimum absolute atomic E-state index is 0.00476. The fourth-order valence-electron chi connectivity index (χ4n) is 3.49. The van der Waals surface area contributed by atoms with E-state index in [0.717, 1.165) is 0 Å². The van der Waals surface area contributed by atoms with Crippen molar-refractivity contribution in [1.29, 1.82) is 0 Å². The minimum Gasteiger partial charge on any atom is -0.507 e. The van der Waals surface area contributed by atoms with Gasteiger partial charge in [-0.15, -0.1) is 0 Å². The number of Topliss-reactive ketones (excluding diaryl/α,β-unsaturated/α-hetero) is 1. The number of hydrogen-bond acceptors (Lipinski definition) is 6. The SMILES string of the molecule is O=C1C(=O)N(Cc2ccco2)C(c2ccc([N+](=O)[O-])cc2)/C1=C(\O)c1ccccc1. The summed E-state index contributed by atoms with van der Waals surface area (Å²) in [7, 11) is 0. The van der Waals surface area contributed by atoms with Gasteiger partial charge in [-0.25, -0.2) is 0 Å². The topological polar surface area (TPSA) is 114 Å². The van der Waals surface area contributed by atoms with Gasteiger partial charge in [-0.05, 0) is 29.8 Å². The van der Waals surface area contributed by atoms with Gasteiger partial charge in [0.1, 0.15) is 11.5 Å². The predicted molar refractivity (Wildman–Crippen MR) is 106 cm³/mol. The van der Waals surface area contributed by atoms with Crippen molar-refractivity contribution in [2.24, 2.45) is 0 Å². The second-order valence-electron chi connectivity index (χ2n) is 6.72. The number of furan rings is 1. The molecule has 0 saturated carbocycles. The third-order valence-electron chi connectivity index (χ3n) is 4.91. The molecule has 0 bridgehead atoms. The maximum atomic E-state index is 12.9. The molecule has 1 N–H and O–H groups in total. The lowest BCUT2D eigenvalue weighted by atomic mass is 9.95. The van der Waals surface area contributed by atoms with Gasteiger partial charge >= 0.3 is 0 Å².